The second kappa shape index (κ2) is 9.64. The second-order valence-corrected chi connectivity index (χ2v) is 7.74. The summed E-state index contributed by atoms with van der Waals surface area (Å²) in [5, 5.41) is 0. The highest BCUT2D eigenvalue weighted by Crippen LogP contribution is 2.21. The molecule has 92 valence electrons. The molecule has 0 saturated carbocycles. The molecule has 0 aliphatic heterocycles. The Morgan fingerprint density at radius 1 is 1.00 bits per heavy atom. The lowest BCUT2D eigenvalue weighted by Gasteiger charge is -2.29. The van der Waals surface area contributed by atoms with Gasteiger partial charge in [0.25, 0.3) is 0 Å². The number of alkyl halides is 1. The highest BCUT2D eigenvalue weighted by molar-refractivity contribution is 6.67. The SMILES string of the molecule is CCCO[Si](CC)(CCCCl)OCCC. The van der Waals surface area contributed by atoms with Crippen LogP contribution in [0.4, 0.5) is 0 Å². The molecule has 0 saturated heterocycles. The van der Waals surface area contributed by atoms with Crippen LogP contribution in [0.3, 0.4) is 0 Å². The van der Waals surface area contributed by atoms with E-state index in [1.807, 2.05) is 0 Å². The van der Waals surface area contributed by atoms with Gasteiger partial charge in [0.05, 0.1) is 0 Å². The molecular weight excluding hydrogens is 228 g/mol. The van der Waals surface area contributed by atoms with Crippen LogP contribution < -0.4 is 0 Å². The Labute approximate surface area is 101 Å². The average Bonchev–Trinajstić information content (AvgIpc) is 2.29. The van der Waals surface area contributed by atoms with E-state index >= 15 is 0 Å². The summed E-state index contributed by atoms with van der Waals surface area (Å²) >= 11 is 5.74. The van der Waals surface area contributed by atoms with Gasteiger partial charge in [0.1, 0.15) is 0 Å². The third-order valence-electron chi connectivity index (χ3n) is 2.37. The summed E-state index contributed by atoms with van der Waals surface area (Å²) in [6.45, 7) is 8.09. The normalized spacial score (nSPS) is 12.0. The van der Waals surface area contributed by atoms with Gasteiger partial charge < -0.3 is 8.85 Å². The molecule has 0 aromatic heterocycles. The minimum absolute atomic E-state index is 0.708. The van der Waals surface area contributed by atoms with Crippen LogP contribution in [0, 0.1) is 0 Å². The van der Waals surface area contributed by atoms with Gasteiger partial charge in [-0.1, -0.05) is 20.8 Å². The molecule has 0 spiro atoms. The van der Waals surface area contributed by atoms with Gasteiger partial charge in [-0.05, 0) is 31.4 Å². The topological polar surface area (TPSA) is 18.5 Å². The van der Waals surface area contributed by atoms with E-state index in [0.29, 0.717) is 5.88 Å². The van der Waals surface area contributed by atoms with E-state index < -0.39 is 8.56 Å². The van der Waals surface area contributed by atoms with Crippen molar-refractivity contribution in [2.75, 3.05) is 19.1 Å². The maximum atomic E-state index is 5.99. The van der Waals surface area contributed by atoms with Crippen molar-refractivity contribution in [2.45, 2.75) is 52.1 Å². The first-order valence-corrected chi connectivity index (χ1v) is 8.85. The predicted molar refractivity (Wildman–Crippen MR) is 68.9 cm³/mol. The summed E-state index contributed by atoms with van der Waals surface area (Å²) in [6, 6.07) is 2.07. The Morgan fingerprint density at radius 2 is 1.53 bits per heavy atom. The first kappa shape index (κ1) is 15.4. The molecule has 0 radical (unpaired) electrons. The molecule has 0 rings (SSSR count). The molecule has 0 aliphatic carbocycles. The Kier molecular flexibility index (Phi) is 9.91. The molecule has 0 aliphatic rings. The fourth-order valence-corrected chi connectivity index (χ4v) is 4.84. The lowest BCUT2D eigenvalue weighted by atomic mass is 10.5. The van der Waals surface area contributed by atoms with E-state index in [0.717, 1.165) is 44.6 Å². The monoisotopic (exact) mass is 252 g/mol. The number of hydrogen-bond acceptors (Lipinski definition) is 2. The van der Waals surface area contributed by atoms with Crippen molar-refractivity contribution in [3.05, 3.63) is 0 Å². The summed E-state index contributed by atoms with van der Waals surface area (Å²) < 4.78 is 12.0. The summed E-state index contributed by atoms with van der Waals surface area (Å²) in [6.07, 6.45) is 3.13. The molecule has 0 amide bonds. The molecule has 0 atom stereocenters. The maximum absolute atomic E-state index is 5.99. The molecule has 4 heteroatoms. The van der Waals surface area contributed by atoms with Gasteiger partial charge in [0.15, 0.2) is 0 Å². The quantitative estimate of drug-likeness (QED) is 0.433. The fourth-order valence-electron chi connectivity index (χ4n) is 1.48. The van der Waals surface area contributed by atoms with Crippen molar-refractivity contribution in [3.8, 4) is 0 Å². The third-order valence-corrected chi connectivity index (χ3v) is 6.29. The van der Waals surface area contributed by atoms with Crippen LogP contribution >= 0.6 is 11.6 Å². The van der Waals surface area contributed by atoms with Gasteiger partial charge in [-0.2, -0.15) is 0 Å². The highest BCUT2D eigenvalue weighted by atomic mass is 35.5. The minimum Gasteiger partial charge on any atom is -0.394 e. The zero-order valence-corrected chi connectivity index (χ0v) is 12.1. The number of rotatable bonds is 10. The number of halogens is 1. The van der Waals surface area contributed by atoms with E-state index in [2.05, 4.69) is 20.8 Å². The Morgan fingerprint density at radius 3 is 1.87 bits per heavy atom. The lowest BCUT2D eigenvalue weighted by Crippen LogP contribution is -2.42. The summed E-state index contributed by atoms with van der Waals surface area (Å²) in [7, 11) is -1.92. The molecule has 0 fully saturated rings. The first-order chi connectivity index (χ1) is 7.24. The van der Waals surface area contributed by atoms with E-state index in [-0.39, 0.29) is 0 Å². The van der Waals surface area contributed by atoms with Crippen LogP contribution in [0.2, 0.25) is 12.1 Å². The second-order valence-electron chi connectivity index (χ2n) is 3.75. The number of hydrogen-bond donors (Lipinski definition) is 0. The van der Waals surface area contributed by atoms with Crippen LogP contribution in [0.15, 0.2) is 0 Å². The predicted octanol–water partition coefficient (Wildman–Crippen LogP) is 3.93. The lowest BCUT2D eigenvalue weighted by molar-refractivity contribution is 0.168. The van der Waals surface area contributed by atoms with Gasteiger partial charge in [-0.3, -0.25) is 0 Å². The Balaban J connectivity index is 4.16. The smallest absolute Gasteiger partial charge is 0.337 e. The van der Waals surface area contributed by atoms with Crippen molar-refractivity contribution in [2.24, 2.45) is 0 Å². The molecule has 0 bridgehead atoms. The maximum Gasteiger partial charge on any atom is 0.337 e. The molecule has 0 N–H and O–H groups in total. The van der Waals surface area contributed by atoms with Gasteiger partial charge in [0.2, 0.25) is 0 Å². The van der Waals surface area contributed by atoms with Gasteiger partial charge in [0, 0.05) is 19.1 Å². The van der Waals surface area contributed by atoms with Crippen molar-refractivity contribution >= 4 is 20.2 Å². The standard InChI is InChI=1S/C11H25ClO2Si/c1-4-9-13-15(6-3,11-7-8-12)14-10-5-2/h4-11H2,1-3H3. The molecule has 0 heterocycles. The molecule has 2 nitrogen and oxygen atoms in total. The molecule has 15 heavy (non-hydrogen) atoms. The highest BCUT2D eigenvalue weighted by Gasteiger charge is 2.34. The van der Waals surface area contributed by atoms with E-state index in [4.69, 9.17) is 20.5 Å². The Hall–Kier alpha value is 0.427. The average molecular weight is 253 g/mol. The van der Waals surface area contributed by atoms with E-state index in [9.17, 15) is 0 Å². The Bertz CT molecular complexity index is 123. The van der Waals surface area contributed by atoms with Crippen molar-refractivity contribution in [1.29, 1.82) is 0 Å². The van der Waals surface area contributed by atoms with Crippen LogP contribution in [-0.4, -0.2) is 27.7 Å². The largest absolute Gasteiger partial charge is 0.394 e. The molecular formula is C11H25ClO2Si. The third kappa shape index (κ3) is 6.56. The minimum atomic E-state index is -1.92. The molecule has 0 aromatic carbocycles. The first-order valence-electron chi connectivity index (χ1n) is 6.08. The van der Waals surface area contributed by atoms with Gasteiger partial charge >= 0.3 is 8.56 Å². The molecule has 0 unspecified atom stereocenters. The van der Waals surface area contributed by atoms with Crippen molar-refractivity contribution < 1.29 is 8.85 Å². The summed E-state index contributed by atoms with van der Waals surface area (Å²) in [5.41, 5.74) is 0. The van der Waals surface area contributed by atoms with Crippen molar-refractivity contribution in [3.63, 3.8) is 0 Å². The van der Waals surface area contributed by atoms with Crippen LogP contribution in [-0.2, 0) is 8.85 Å². The zero-order chi connectivity index (χ0) is 11.6. The zero-order valence-electron chi connectivity index (χ0n) is 10.4. The van der Waals surface area contributed by atoms with Crippen LogP contribution in [0.1, 0.15) is 40.0 Å². The van der Waals surface area contributed by atoms with Gasteiger partial charge in [-0.15, -0.1) is 11.6 Å². The van der Waals surface area contributed by atoms with Crippen LogP contribution in [0.25, 0.3) is 0 Å². The van der Waals surface area contributed by atoms with Gasteiger partial charge in [-0.25, -0.2) is 0 Å². The molecule has 0 aromatic rings. The van der Waals surface area contributed by atoms with Crippen LogP contribution in [0.5, 0.6) is 0 Å². The van der Waals surface area contributed by atoms with E-state index in [1.165, 1.54) is 0 Å². The fraction of sp³-hybridized carbons (Fsp3) is 1.00. The summed E-state index contributed by atoms with van der Waals surface area (Å²) in [5.74, 6) is 0.708. The van der Waals surface area contributed by atoms with E-state index in [1.54, 1.807) is 0 Å². The summed E-state index contributed by atoms with van der Waals surface area (Å²) in [4.78, 5) is 0. The van der Waals surface area contributed by atoms with Crippen molar-refractivity contribution in [1.82, 2.24) is 0 Å².